The van der Waals surface area contributed by atoms with Crippen LogP contribution in [0.15, 0.2) is 24.3 Å². The van der Waals surface area contributed by atoms with Gasteiger partial charge >= 0.3 is 6.18 Å². The normalized spacial score (nSPS) is 20.8. The fraction of sp³-hybridized carbons (Fsp3) is 0.455. The number of halogens is 4. The van der Waals surface area contributed by atoms with E-state index in [1.807, 2.05) is 0 Å². The van der Waals surface area contributed by atoms with Gasteiger partial charge in [-0.15, -0.1) is 12.4 Å². The summed E-state index contributed by atoms with van der Waals surface area (Å²) >= 11 is 0. The van der Waals surface area contributed by atoms with E-state index < -0.39 is 18.0 Å². The van der Waals surface area contributed by atoms with Crippen molar-refractivity contribution in [1.82, 2.24) is 5.32 Å². The van der Waals surface area contributed by atoms with Gasteiger partial charge in [0.15, 0.2) is 0 Å². The molecule has 1 aromatic carbocycles. The molecule has 6 heteroatoms. The summed E-state index contributed by atoms with van der Waals surface area (Å²) < 4.78 is 42.8. The largest absolute Gasteiger partial charge is 0.416 e. The zero-order chi connectivity index (χ0) is 11.6. The number of rotatable bonds is 1. The Labute approximate surface area is 104 Å². The van der Waals surface area contributed by atoms with Crippen molar-refractivity contribution >= 4 is 12.4 Å². The van der Waals surface area contributed by atoms with Gasteiger partial charge in [-0.2, -0.15) is 13.2 Å². The maximum Gasteiger partial charge on any atom is 0.416 e. The molecule has 1 aliphatic rings. The number of alkyl halides is 3. The molecule has 0 aromatic heterocycles. The van der Waals surface area contributed by atoms with Gasteiger partial charge in [0.2, 0.25) is 0 Å². The van der Waals surface area contributed by atoms with E-state index >= 15 is 0 Å². The van der Waals surface area contributed by atoms with Crippen LogP contribution in [-0.2, 0) is 10.9 Å². The minimum absolute atomic E-state index is 0. The molecule has 0 aliphatic carbocycles. The second-order valence-corrected chi connectivity index (χ2v) is 3.68. The molecule has 1 saturated heterocycles. The number of hydrogen-bond acceptors (Lipinski definition) is 2. The zero-order valence-electron chi connectivity index (χ0n) is 8.96. The van der Waals surface area contributed by atoms with Crippen molar-refractivity contribution in [1.29, 1.82) is 0 Å². The highest BCUT2D eigenvalue weighted by atomic mass is 35.5. The van der Waals surface area contributed by atoms with Crippen molar-refractivity contribution in [3.63, 3.8) is 0 Å². The van der Waals surface area contributed by atoms with E-state index in [1.165, 1.54) is 6.07 Å². The molecule has 1 aromatic rings. The van der Waals surface area contributed by atoms with Crippen molar-refractivity contribution in [3.05, 3.63) is 35.4 Å². The van der Waals surface area contributed by atoms with E-state index in [1.54, 1.807) is 6.07 Å². The second kappa shape index (κ2) is 5.71. The lowest BCUT2D eigenvalue weighted by Gasteiger charge is -2.24. The SMILES string of the molecule is Cl.FC(F)(F)c1cccc(C2NCCCO2)c1. The maximum absolute atomic E-state index is 12.5. The summed E-state index contributed by atoms with van der Waals surface area (Å²) in [5, 5.41) is 3.02. The van der Waals surface area contributed by atoms with Crippen LogP contribution < -0.4 is 5.32 Å². The van der Waals surface area contributed by atoms with E-state index in [4.69, 9.17) is 4.74 Å². The minimum atomic E-state index is -4.30. The number of hydrogen-bond donors (Lipinski definition) is 1. The molecule has 96 valence electrons. The van der Waals surface area contributed by atoms with Crippen LogP contribution in [0.1, 0.15) is 23.8 Å². The first kappa shape index (κ1) is 14.3. The fourth-order valence-electron chi connectivity index (χ4n) is 1.66. The molecule has 1 atom stereocenters. The van der Waals surface area contributed by atoms with Crippen molar-refractivity contribution in [2.24, 2.45) is 0 Å². The molecule has 0 saturated carbocycles. The topological polar surface area (TPSA) is 21.3 Å². The summed E-state index contributed by atoms with van der Waals surface area (Å²) in [7, 11) is 0. The first-order chi connectivity index (χ1) is 7.57. The lowest BCUT2D eigenvalue weighted by Crippen LogP contribution is -2.31. The van der Waals surface area contributed by atoms with E-state index in [0.29, 0.717) is 12.2 Å². The van der Waals surface area contributed by atoms with Crippen LogP contribution in [0.2, 0.25) is 0 Å². The number of benzene rings is 1. The predicted octanol–water partition coefficient (Wildman–Crippen LogP) is 3.14. The third-order valence-corrected chi connectivity index (χ3v) is 2.45. The van der Waals surface area contributed by atoms with Crippen LogP contribution in [0, 0.1) is 0 Å². The third kappa shape index (κ3) is 3.59. The van der Waals surface area contributed by atoms with Gasteiger partial charge in [-0.25, -0.2) is 0 Å². The fourth-order valence-corrected chi connectivity index (χ4v) is 1.66. The summed E-state index contributed by atoms with van der Waals surface area (Å²) in [5.74, 6) is 0. The summed E-state index contributed by atoms with van der Waals surface area (Å²) in [6.45, 7) is 1.34. The van der Waals surface area contributed by atoms with Crippen LogP contribution in [0.5, 0.6) is 0 Å². The molecule has 1 unspecified atom stereocenters. The predicted molar refractivity (Wildman–Crippen MR) is 60.0 cm³/mol. The molecular weight excluding hydrogens is 255 g/mol. The van der Waals surface area contributed by atoms with Gasteiger partial charge in [0.05, 0.1) is 12.2 Å². The average molecular weight is 268 g/mol. The van der Waals surface area contributed by atoms with Crippen molar-refractivity contribution < 1.29 is 17.9 Å². The number of ether oxygens (including phenoxy) is 1. The summed E-state index contributed by atoms with van der Waals surface area (Å²) in [4.78, 5) is 0. The highest BCUT2D eigenvalue weighted by molar-refractivity contribution is 5.85. The molecule has 2 rings (SSSR count). The quantitative estimate of drug-likeness (QED) is 0.844. The van der Waals surface area contributed by atoms with E-state index in [-0.39, 0.29) is 12.4 Å². The smallest absolute Gasteiger partial charge is 0.359 e. The Morgan fingerprint density at radius 2 is 2.06 bits per heavy atom. The number of nitrogens with one attached hydrogen (secondary N) is 1. The Hall–Kier alpha value is -0.780. The van der Waals surface area contributed by atoms with Gasteiger partial charge in [0.25, 0.3) is 0 Å². The Morgan fingerprint density at radius 3 is 2.65 bits per heavy atom. The van der Waals surface area contributed by atoms with Crippen molar-refractivity contribution in [3.8, 4) is 0 Å². The van der Waals surface area contributed by atoms with Crippen LogP contribution in [0.3, 0.4) is 0 Å². The molecule has 17 heavy (non-hydrogen) atoms. The molecule has 0 spiro atoms. The molecule has 0 amide bonds. The molecule has 0 bridgehead atoms. The van der Waals surface area contributed by atoms with E-state index in [0.717, 1.165) is 25.1 Å². The summed E-state index contributed by atoms with van der Waals surface area (Å²) in [6, 6.07) is 5.23. The molecular formula is C11H13ClF3NO. The molecule has 1 aliphatic heterocycles. The Balaban J connectivity index is 0.00000144. The van der Waals surface area contributed by atoms with Crippen LogP contribution >= 0.6 is 12.4 Å². The molecule has 1 heterocycles. The monoisotopic (exact) mass is 267 g/mol. The van der Waals surface area contributed by atoms with Crippen LogP contribution in [0.25, 0.3) is 0 Å². The van der Waals surface area contributed by atoms with Crippen molar-refractivity contribution in [2.75, 3.05) is 13.2 Å². The molecule has 0 radical (unpaired) electrons. The minimum Gasteiger partial charge on any atom is -0.359 e. The Kier molecular flexibility index (Phi) is 4.80. The summed E-state index contributed by atoms with van der Waals surface area (Å²) in [5.41, 5.74) is -0.115. The van der Waals surface area contributed by atoms with Gasteiger partial charge < -0.3 is 4.74 Å². The van der Waals surface area contributed by atoms with Crippen LogP contribution in [-0.4, -0.2) is 13.2 Å². The van der Waals surface area contributed by atoms with Gasteiger partial charge in [-0.1, -0.05) is 12.1 Å². The maximum atomic E-state index is 12.5. The van der Waals surface area contributed by atoms with Crippen LogP contribution in [0.4, 0.5) is 13.2 Å². The average Bonchev–Trinajstić information content (AvgIpc) is 2.29. The Morgan fingerprint density at radius 1 is 1.29 bits per heavy atom. The second-order valence-electron chi connectivity index (χ2n) is 3.68. The third-order valence-electron chi connectivity index (χ3n) is 2.45. The van der Waals surface area contributed by atoms with Gasteiger partial charge in [-0.3, -0.25) is 5.32 Å². The standard InChI is InChI=1S/C11H12F3NO.ClH/c12-11(13,14)9-4-1-3-8(7-9)10-15-5-2-6-16-10;/h1,3-4,7,10,15H,2,5-6H2;1H. The molecule has 1 fully saturated rings. The molecule has 2 nitrogen and oxygen atoms in total. The lowest BCUT2D eigenvalue weighted by molar-refractivity contribution is -0.137. The van der Waals surface area contributed by atoms with Crippen molar-refractivity contribution in [2.45, 2.75) is 18.8 Å². The van der Waals surface area contributed by atoms with E-state index in [9.17, 15) is 13.2 Å². The molecule has 1 N–H and O–H groups in total. The van der Waals surface area contributed by atoms with Gasteiger partial charge in [0.1, 0.15) is 6.23 Å². The van der Waals surface area contributed by atoms with E-state index in [2.05, 4.69) is 5.32 Å². The first-order valence-corrected chi connectivity index (χ1v) is 5.09. The Bertz CT molecular complexity index is 364. The van der Waals surface area contributed by atoms with Gasteiger partial charge in [-0.05, 0) is 24.1 Å². The first-order valence-electron chi connectivity index (χ1n) is 5.09. The van der Waals surface area contributed by atoms with Gasteiger partial charge in [0, 0.05) is 6.54 Å². The highest BCUT2D eigenvalue weighted by Gasteiger charge is 2.31. The highest BCUT2D eigenvalue weighted by Crippen LogP contribution is 2.31. The lowest BCUT2D eigenvalue weighted by atomic mass is 10.1. The summed E-state index contributed by atoms with van der Waals surface area (Å²) in [6.07, 6.45) is -3.84. The zero-order valence-corrected chi connectivity index (χ0v) is 9.77.